The molecule has 1 aliphatic heterocycles. The van der Waals surface area contributed by atoms with Crippen LogP contribution in [0, 0.1) is 5.41 Å². The second kappa shape index (κ2) is 6.39. The van der Waals surface area contributed by atoms with Crippen molar-refractivity contribution in [1.29, 1.82) is 5.41 Å². The van der Waals surface area contributed by atoms with Gasteiger partial charge in [0.2, 0.25) is 0 Å². The van der Waals surface area contributed by atoms with E-state index in [0.717, 1.165) is 48.3 Å². The third-order valence-electron chi connectivity index (χ3n) is 3.43. The molecule has 0 aliphatic carbocycles. The lowest BCUT2D eigenvalue weighted by Crippen LogP contribution is -2.38. The molecule has 19 heavy (non-hydrogen) atoms. The minimum atomic E-state index is 0.114. The van der Waals surface area contributed by atoms with Gasteiger partial charge < -0.3 is 15.4 Å². The van der Waals surface area contributed by atoms with Crippen LogP contribution in [0.3, 0.4) is 0 Å². The summed E-state index contributed by atoms with van der Waals surface area (Å²) in [5.41, 5.74) is 7.52. The number of anilines is 1. The molecule has 0 bridgehead atoms. The van der Waals surface area contributed by atoms with Crippen LogP contribution in [0.1, 0.15) is 25.3 Å². The number of rotatable bonds is 4. The van der Waals surface area contributed by atoms with E-state index in [2.05, 4.69) is 20.8 Å². The smallest absolute Gasteiger partial charge is 0.124 e. The summed E-state index contributed by atoms with van der Waals surface area (Å²) in [6, 6.07) is 5.94. The number of piperidine rings is 1. The summed E-state index contributed by atoms with van der Waals surface area (Å²) in [5, 5.41) is 7.70. The van der Waals surface area contributed by atoms with E-state index in [1.54, 1.807) is 0 Å². The lowest BCUT2D eigenvalue weighted by molar-refractivity contribution is 0.0459. The minimum absolute atomic E-state index is 0.114. The fraction of sp³-hybridized carbons (Fsp3) is 0.500. The molecule has 104 valence electrons. The van der Waals surface area contributed by atoms with Gasteiger partial charge in [-0.3, -0.25) is 5.41 Å². The summed E-state index contributed by atoms with van der Waals surface area (Å²) in [6.45, 7) is 4.72. The van der Waals surface area contributed by atoms with Crippen LogP contribution in [0.25, 0.3) is 0 Å². The molecule has 0 saturated carbocycles. The molecule has 1 fully saturated rings. The van der Waals surface area contributed by atoms with Crippen molar-refractivity contribution in [3.8, 4) is 0 Å². The highest BCUT2D eigenvalue weighted by atomic mass is 79.9. The summed E-state index contributed by atoms with van der Waals surface area (Å²) in [6.07, 6.45) is 2.43. The summed E-state index contributed by atoms with van der Waals surface area (Å²) >= 11 is 3.43. The SMILES string of the molecule is CCOC1CCN(c2ccc(Br)cc2C(=N)N)CC1. The fourth-order valence-corrected chi connectivity index (χ4v) is 2.86. The van der Waals surface area contributed by atoms with E-state index in [9.17, 15) is 0 Å². The van der Waals surface area contributed by atoms with Gasteiger partial charge in [0.15, 0.2) is 0 Å². The molecule has 1 aliphatic rings. The topological polar surface area (TPSA) is 62.3 Å². The quantitative estimate of drug-likeness (QED) is 0.661. The van der Waals surface area contributed by atoms with Crippen molar-refractivity contribution < 1.29 is 4.74 Å². The average Bonchev–Trinajstić information content (AvgIpc) is 2.40. The van der Waals surface area contributed by atoms with Gasteiger partial charge in [0, 0.05) is 35.4 Å². The van der Waals surface area contributed by atoms with E-state index in [1.807, 2.05) is 25.1 Å². The first-order chi connectivity index (χ1) is 9.11. The molecule has 0 aromatic heterocycles. The second-order valence-electron chi connectivity index (χ2n) is 4.72. The molecular weight excluding hydrogens is 306 g/mol. The minimum Gasteiger partial charge on any atom is -0.384 e. The van der Waals surface area contributed by atoms with Crippen molar-refractivity contribution in [2.24, 2.45) is 5.73 Å². The Morgan fingerprint density at radius 2 is 2.16 bits per heavy atom. The molecule has 5 heteroatoms. The van der Waals surface area contributed by atoms with Crippen molar-refractivity contribution in [3.05, 3.63) is 28.2 Å². The molecule has 1 aromatic carbocycles. The number of halogens is 1. The molecule has 1 heterocycles. The molecule has 0 unspecified atom stereocenters. The molecule has 0 spiro atoms. The monoisotopic (exact) mass is 325 g/mol. The molecule has 2 rings (SSSR count). The summed E-state index contributed by atoms with van der Waals surface area (Å²) in [7, 11) is 0. The van der Waals surface area contributed by atoms with Gasteiger partial charge in [0.25, 0.3) is 0 Å². The van der Waals surface area contributed by atoms with Gasteiger partial charge in [-0.2, -0.15) is 0 Å². The highest BCUT2D eigenvalue weighted by Gasteiger charge is 2.21. The fourth-order valence-electron chi connectivity index (χ4n) is 2.50. The van der Waals surface area contributed by atoms with Crippen LogP contribution in [0.5, 0.6) is 0 Å². The standard InChI is InChI=1S/C14H20BrN3O/c1-2-19-11-5-7-18(8-6-11)13-4-3-10(15)9-12(13)14(16)17/h3-4,9,11H,2,5-8H2,1H3,(H3,16,17). The number of hydrogen-bond donors (Lipinski definition) is 2. The maximum absolute atomic E-state index is 7.70. The Kier molecular flexibility index (Phi) is 4.82. The first-order valence-corrected chi connectivity index (χ1v) is 7.41. The average molecular weight is 326 g/mol. The van der Waals surface area contributed by atoms with Gasteiger partial charge >= 0.3 is 0 Å². The van der Waals surface area contributed by atoms with E-state index >= 15 is 0 Å². The predicted molar refractivity (Wildman–Crippen MR) is 82.0 cm³/mol. The van der Waals surface area contributed by atoms with E-state index in [1.165, 1.54) is 0 Å². The zero-order valence-corrected chi connectivity index (χ0v) is 12.7. The number of nitrogen functional groups attached to an aromatic ring is 1. The third-order valence-corrected chi connectivity index (χ3v) is 3.93. The van der Waals surface area contributed by atoms with Crippen molar-refractivity contribution in [3.63, 3.8) is 0 Å². The highest BCUT2D eigenvalue weighted by molar-refractivity contribution is 9.10. The number of nitrogens with zero attached hydrogens (tertiary/aromatic N) is 1. The Balaban J connectivity index is 2.13. The lowest BCUT2D eigenvalue weighted by Gasteiger charge is -2.34. The van der Waals surface area contributed by atoms with E-state index in [-0.39, 0.29) is 5.84 Å². The molecule has 1 saturated heterocycles. The summed E-state index contributed by atoms with van der Waals surface area (Å²) in [4.78, 5) is 2.29. The Labute approximate surface area is 122 Å². The number of ether oxygens (including phenoxy) is 1. The van der Waals surface area contributed by atoms with Crippen LogP contribution in [-0.2, 0) is 4.74 Å². The van der Waals surface area contributed by atoms with Gasteiger partial charge in [-0.1, -0.05) is 15.9 Å². The van der Waals surface area contributed by atoms with Gasteiger partial charge in [-0.05, 0) is 38.0 Å². The van der Waals surface area contributed by atoms with Gasteiger partial charge in [-0.15, -0.1) is 0 Å². The number of nitrogens with two attached hydrogens (primary N) is 1. The van der Waals surface area contributed by atoms with Crippen molar-refractivity contribution in [1.82, 2.24) is 0 Å². The summed E-state index contributed by atoms with van der Waals surface area (Å²) in [5.74, 6) is 0.114. The van der Waals surface area contributed by atoms with E-state index in [0.29, 0.717) is 6.10 Å². The first-order valence-electron chi connectivity index (χ1n) is 6.62. The number of amidine groups is 1. The van der Waals surface area contributed by atoms with Crippen LogP contribution < -0.4 is 10.6 Å². The second-order valence-corrected chi connectivity index (χ2v) is 5.63. The highest BCUT2D eigenvalue weighted by Crippen LogP contribution is 2.27. The van der Waals surface area contributed by atoms with Crippen molar-refractivity contribution in [2.45, 2.75) is 25.9 Å². The van der Waals surface area contributed by atoms with Crippen LogP contribution in [0.4, 0.5) is 5.69 Å². The Morgan fingerprint density at radius 3 is 2.74 bits per heavy atom. The molecule has 4 nitrogen and oxygen atoms in total. The number of benzene rings is 1. The third kappa shape index (κ3) is 3.48. The van der Waals surface area contributed by atoms with Gasteiger partial charge in [0.05, 0.1) is 6.10 Å². The zero-order valence-electron chi connectivity index (χ0n) is 11.2. The molecular formula is C14H20BrN3O. The van der Waals surface area contributed by atoms with Crippen molar-refractivity contribution >= 4 is 27.5 Å². The van der Waals surface area contributed by atoms with Crippen molar-refractivity contribution in [2.75, 3.05) is 24.6 Å². The van der Waals surface area contributed by atoms with Gasteiger partial charge in [-0.25, -0.2) is 0 Å². The molecule has 1 aromatic rings. The Morgan fingerprint density at radius 1 is 1.47 bits per heavy atom. The maximum Gasteiger partial charge on any atom is 0.124 e. The van der Waals surface area contributed by atoms with E-state index in [4.69, 9.17) is 15.9 Å². The number of hydrogen-bond acceptors (Lipinski definition) is 3. The zero-order chi connectivity index (χ0) is 13.8. The van der Waals surface area contributed by atoms with Crippen LogP contribution in [0.15, 0.2) is 22.7 Å². The van der Waals surface area contributed by atoms with Crippen LogP contribution >= 0.6 is 15.9 Å². The predicted octanol–water partition coefficient (Wildman–Crippen LogP) is 2.74. The Hall–Kier alpha value is -1.07. The maximum atomic E-state index is 7.70. The van der Waals surface area contributed by atoms with E-state index < -0.39 is 0 Å². The lowest BCUT2D eigenvalue weighted by atomic mass is 10.0. The molecule has 0 atom stereocenters. The first kappa shape index (κ1) is 14.3. The largest absolute Gasteiger partial charge is 0.384 e. The van der Waals surface area contributed by atoms with Gasteiger partial charge in [0.1, 0.15) is 5.84 Å². The molecule has 0 amide bonds. The molecule has 0 radical (unpaired) electrons. The Bertz CT molecular complexity index is 456. The summed E-state index contributed by atoms with van der Waals surface area (Å²) < 4.78 is 6.61. The van der Waals surface area contributed by atoms with Crippen LogP contribution in [-0.4, -0.2) is 31.6 Å². The van der Waals surface area contributed by atoms with Crippen LogP contribution in [0.2, 0.25) is 0 Å². The normalized spacial score (nSPS) is 16.6. The molecule has 3 N–H and O–H groups in total. The number of nitrogens with one attached hydrogen (secondary N) is 1.